The molecule has 6 heteroatoms. The Bertz CT molecular complexity index is 523. The van der Waals surface area contributed by atoms with E-state index in [1.807, 2.05) is 6.07 Å². The summed E-state index contributed by atoms with van der Waals surface area (Å²) in [5.41, 5.74) is 0.758. The van der Waals surface area contributed by atoms with Gasteiger partial charge in [-0.3, -0.25) is 0 Å². The Morgan fingerprint density at radius 2 is 2.17 bits per heavy atom. The van der Waals surface area contributed by atoms with Crippen LogP contribution in [0.25, 0.3) is 0 Å². The number of unbranched alkanes of at least 4 members (excludes halogenated alkanes) is 4. The summed E-state index contributed by atoms with van der Waals surface area (Å²) < 4.78 is 5.79. The first-order valence-corrected chi connectivity index (χ1v) is 8.68. The van der Waals surface area contributed by atoms with Crippen molar-refractivity contribution in [2.45, 2.75) is 57.9 Å². The lowest BCUT2D eigenvalue weighted by atomic mass is 10.1. The van der Waals surface area contributed by atoms with Gasteiger partial charge in [-0.2, -0.15) is 0 Å². The van der Waals surface area contributed by atoms with Gasteiger partial charge < -0.3 is 10.1 Å². The first kappa shape index (κ1) is 23.3. The van der Waals surface area contributed by atoms with E-state index < -0.39 is 0 Å². The largest absolute Gasteiger partial charge is 0.490 e. The molecule has 0 saturated carbocycles. The molecule has 1 aliphatic rings. The average Bonchev–Trinajstić information content (AvgIpc) is 3.04. The summed E-state index contributed by atoms with van der Waals surface area (Å²) in [4.78, 5) is 4.17. The van der Waals surface area contributed by atoms with Gasteiger partial charge in [-0.1, -0.05) is 49.6 Å². The van der Waals surface area contributed by atoms with Crippen LogP contribution in [0.15, 0.2) is 12.3 Å². The fourth-order valence-electron chi connectivity index (χ4n) is 2.49. The normalized spacial score (nSPS) is 15.7. The van der Waals surface area contributed by atoms with E-state index >= 15 is 0 Å². The van der Waals surface area contributed by atoms with Crippen molar-refractivity contribution >= 4 is 36.4 Å². The Morgan fingerprint density at radius 1 is 1.33 bits per heavy atom. The molecule has 0 bridgehead atoms. The zero-order chi connectivity index (χ0) is 15.6. The zero-order valence-electron chi connectivity index (χ0n) is 14.1. The van der Waals surface area contributed by atoms with Crippen molar-refractivity contribution in [2.75, 3.05) is 13.2 Å². The number of nitrogens with zero attached hydrogens (tertiary/aromatic N) is 1. The molecule has 0 amide bonds. The molecular weight excluding hydrogens is 367 g/mol. The van der Waals surface area contributed by atoms with E-state index in [2.05, 4.69) is 29.1 Å². The second-order valence-corrected chi connectivity index (χ2v) is 6.08. The Morgan fingerprint density at radius 3 is 2.88 bits per heavy atom. The van der Waals surface area contributed by atoms with Crippen molar-refractivity contribution in [3.05, 3.63) is 23.0 Å². The van der Waals surface area contributed by atoms with E-state index in [1.165, 1.54) is 32.1 Å². The molecule has 0 aliphatic carbocycles. The number of ether oxygens (including phenoxy) is 1. The molecule has 1 N–H and O–H groups in total. The van der Waals surface area contributed by atoms with Gasteiger partial charge in [-0.15, -0.1) is 24.8 Å². The van der Waals surface area contributed by atoms with E-state index in [9.17, 15) is 0 Å². The molecule has 0 radical (unpaired) electrons. The van der Waals surface area contributed by atoms with Gasteiger partial charge in [0.1, 0.15) is 17.5 Å². The average molecular weight is 394 g/mol. The molecule has 2 rings (SSSR count). The molecule has 1 fully saturated rings. The number of halogens is 3. The van der Waals surface area contributed by atoms with Gasteiger partial charge in [0.2, 0.25) is 0 Å². The summed E-state index contributed by atoms with van der Waals surface area (Å²) in [6.07, 6.45) is 9.90. The van der Waals surface area contributed by atoms with E-state index in [4.69, 9.17) is 16.3 Å². The van der Waals surface area contributed by atoms with Crippen molar-refractivity contribution in [3.63, 3.8) is 0 Å². The fraction of sp³-hybridized carbons (Fsp3) is 0.611. The first-order chi connectivity index (χ1) is 10.8. The highest BCUT2D eigenvalue weighted by Crippen LogP contribution is 2.19. The summed E-state index contributed by atoms with van der Waals surface area (Å²) in [5.74, 6) is 7.05. The number of pyridine rings is 1. The van der Waals surface area contributed by atoms with E-state index in [0.29, 0.717) is 17.8 Å². The molecule has 136 valence electrons. The van der Waals surface area contributed by atoms with Gasteiger partial charge in [0.25, 0.3) is 0 Å². The Labute approximate surface area is 163 Å². The Hall–Kier alpha value is -0.660. The SMILES string of the molecule is CCCCCCC#Cc1cc(OC[C@H]2CCCN2)cnc1Cl.Cl.Cl. The number of hydrogen-bond donors (Lipinski definition) is 1. The maximum Gasteiger partial charge on any atom is 0.144 e. The number of nitrogens with one attached hydrogen (secondary N) is 1. The van der Waals surface area contributed by atoms with Crippen molar-refractivity contribution < 1.29 is 4.74 Å². The predicted octanol–water partition coefficient (Wildman–Crippen LogP) is 5.03. The minimum atomic E-state index is 0. The maximum absolute atomic E-state index is 6.10. The summed E-state index contributed by atoms with van der Waals surface area (Å²) in [7, 11) is 0. The highest BCUT2D eigenvalue weighted by Gasteiger charge is 2.14. The van der Waals surface area contributed by atoms with Crippen molar-refractivity contribution in [3.8, 4) is 17.6 Å². The van der Waals surface area contributed by atoms with E-state index in [0.717, 1.165) is 30.7 Å². The van der Waals surface area contributed by atoms with Crippen molar-refractivity contribution in [1.29, 1.82) is 0 Å². The Balaban J connectivity index is 0.00000264. The van der Waals surface area contributed by atoms with Crippen LogP contribution in [0.1, 0.15) is 57.4 Å². The first-order valence-electron chi connectivity index (χ1n) is 8.30. The van der Waals surface area contributed by atoms with Gasteiger partial charge in [0.15, 0.2) is 0 Å². The molecule has 24 heavy (non-hydrogen) atoms. The minimum Gasteiger partial charge on any atom is -0.490 e. The van der Waals surface area contributed by atoms with Crippen LogP contribution >= 0.6 is 36.4 Å². The number of rotatable bonds is 7. The molecule has 3 nitrogen and oxygen atoms in total. The second kappa shape index (κ2) is 13.6. The summed E-state index contributed by atoms with van der Waals surface area (Å²) in [6.45, 7) is 3.97. The van der Waals surface area contributed by atoms with E-state index in [-0.39, 0.29) is 24.8 Å². The van der Waals surface area contributed by atoms with Gasteiger partial charge in [0, 0.05) is 18.5 Å². The van der Waals surface area contributed by atoms with Crippen molar-refractivity contribution in [2.24, 2.45) is 0 Å². The van der Waals surface area contributed by atoms with Crippen LogP contribution in [0.3, 0.4) is 0 Å². The molecule has 0 spiro atoms. The topological polar surface area (TPSA) is 34.1 Å². The van der Waals surface area contributed by atoms with Gasteiger partial charge in [-0.25, -0.2) is 4.98 Å². The molecule has 1 aliphatic heterocycles. The predicted molar refractivity (Wildman–Crippen MR) is 106 cm³/mol. The molecule has 1 aromatic rings. The lowest BCUT2D eigenvalue weighted by molar-refractivity contribution is 0.276. The van der Waals surface area contributed by atoms with Crippen LogP contribution in [0.2, 0.25) is 5.15 Å². The third-order valence-corrected chi connectivity index (χ3v) is 4.11. The van der Waals surface area contributed by atoms with Crippen molar-refractivity contribution in [1.82, 2.24) is 10.3 Å². The molecule has 2 heterocycles. The van der Waals surface area contributed by atoms with Gasteiger partial charge in [-0.05, 0) is 25.8 Å². The summed E-state index contributed by atoms with van der Waals surface area (Å²) in [5, 5.41) is 3.86. The lowest BCUT2D eigenvalue weighted by Crippen LogP contribution is -2.28. The second-order valence-electron chi connectivity index (χ2n) is 5.73. The van der Waals surface area contributed by atoms with Crippen LogP contribution in [-0.2, 0) is 0 Å². The van der Waals surface area contributed by atoms with Crippen LogP contribution in [0, 0.1) is 11.8 Å². The molecule has 0 unspecified atom stereocenters. The quantitative estimate of drug-likeness (QED) is 0.401. The number of hydrogen-bond acceptors (Lipinski definition) is 3. The molecule has 1 atom stereocenters. The zero-order valence-corrected chi connectivity index (χ0v) is 16.5. The minimum absolute atomic E-state index is 0. The number of aromatic nitrogens is 1. The fourth-order valence-corrected chi connectivity index (χ4v) is 2.64. The summed E-state index contributed by atoms with van der Waals surface area (Å²) in [6, 6.07) is 2.34. The third kappa shape index (κ3) is 8.44. The lowest BCUT2D eigenvalue weighted by Gasteiger charge is -2.12. The highest BCUT2D eigenvalue weighted by molar-refractivity contribution is 6.30. The van der Waals surface area contributed by atoms with Crippen LogP contribution in [-0.4, -0.2) is 24.2 Å². The monoisotopic (exact) mass is 392 g/mol. The smallest absolute Gasteiger partial charge is 0.144 e. The van der Waals surface area contributed by atoms with Gasteiger partial charge >= 0.3 is 0 Å². The molecule has 0 aromatic carbocycles. The standard InChI is InChI=1S/C18H25ClN2O.2ClH/c1-2-3-4-5-6-7-9-15-12-17(13-21-18(15)19)22-14-16-10-8-11-20-16;;/h12-13,16,20H,2-6,8,10-11,14H2,1H3;2*1H/t16-;;/m1../s1. The third-order valence-electron chi connectivity index (χ3n) is 3.81. The van der Waals surface area contributed by atoms with Crippen LogP contribution in [0.4, 0.5) is 0 Å². The molecule has 1 aromatic heterocycles. The maximum atomic E-state index is 6.10. The van der Waals surface area contributed by atoms with E-state index in [1.54, 1.807) is 6.20 Å². The molecule has 1 saturated heterocycles. The van der Waals surface area contributed by atoms with Crippen LogP contribution in [0.5, 0.6) is 5.75 Å². The van der Waals surface area contributed by atoms with Gasteiger partial charge in [0.05, 0.1) is 11.8 Å². The summed E-state index contributed by atoms with van der Waals surface area (Å²) >= 11 is 6.10. The Kier molecular flexibility index (Phi) is 13.2. The molecular formula is C18H27Cl3N2O. The van der Waals surface area contributed by atoms with Crippen LogP contribution < -0.4 is 10.1 Å². The highest BCUT2D eigenvalue weighted by atomic mass is 35.5.